The van der Waals surface area contributed by atoms with Gasteiger partial charge in [0.2, 0.25) is 10.0 Å². The summed E-state index contributed by atoms with van der Waals surface area (Å²) in [5.74, 6) is 0.0536. The number of methoxy groups -OCH3 is 1. The summed E-state index contributed by atoms with van der Waals surface area (Å²) < 4.78 is 32.7. The molecule has 1 aliphatic rings. The number of sulfonamides is 1. The number of nitrogens with two attached hydrogens (primary N) is 1. The van der Waals surface area contributed by atoms with Gasteiger partial charge < -0.3 is 15.8 Å². The molecule has 25 heavy (non-hydrogen) atoms. The van der Waals surface area contributed by atoms with Crippen LogP contribution in [0.5, 0.6) is 5.75 Å². The second-order valence-corrected chi connectivity index (χ2v) is 7.37. The number of benzene rings is 1. The molecule has 1 aliphatic carbocycles. The van der Waals surface area contributed by atoms with Crippen molar-refractivity contribution in [2.24, 2.45) is 0 Å². The van der Waals surface area contributed by atoms with Crippen molar-refractivity contribution in [2.75, 3.05) is 18.2 Å². The molecule has 0 radical (unpaired) electrons. The fourth-order valence-electron chi connectivity index (χ4n) is 2.19. The lowest BCUT2D eigenvalue weighted by atomic mass is 10.2. The highest BCUT2D eigenvalue weighted by Gasteiger charge is 2.30. The summed E-state index contributed by atoms with van der Waals surface area (Å²) in [6.07, 6.45) is 3.04. The Labute approximate surface area is 145 Å². The summed E-state index contributed by atoms with van der Waals surface area (Å²) in [6, 6.07) is 7.36. The highest BCUT2D eigenvalue weighted by atomic mass is 32.2. The number of ether oxygens (including phenoxy) is 1. The van der Waals surface area contributed by atoms with E-state index in [-0.39, 0.29) is 22.3 Å². The Balaban J connectivity index is 1.87. The van der Waals surface area contributed by atoms with Gasteiger partial charge in [-0.15, -0.1) is 0 Å². The molecule has 8 nitrogen and oxygen atoms in total. The van der Waals surface area contributed by atoms with Crippen LogP contribution in [0.15, 0.2) is 41.4 Å². The van der Waals surface area contributed by atoms with Gasteiger partial charge in [0, 0.05) is 11.6 Å². The van der Waals surface area contributed by atoms with Gasteiger partial charge in [-0.2, -0.15) is 0 Å². The number of carbonyl (C=O) groups is 1. The minimum absolute atomic E-state index is 0.0481. The third-order valence-corrected chi connectivity index (χ3v) is 5.20. The van der Waals surface area contributed by atoms with Gasteiger partial charge in [0.05, 0.1) is 19.0 Å². The second kappa shape index (κ2) is 6.69. The monoisotopic (exact) mass is 362 g/mol. The molecule has 132 valence electrons. The summed E-state index contributed by atoms with van der Waals surface area (Å²) in [7, 11) is -2.38. The van der Waals surface area contributed by atoms with E-state index < -0.39 is 15.9 Å². The van der Waals surface area contributed by atoms with Crippen LogP contribution in [-0.4, -0.2) is 32.5 Å². The maximum atomic E-state index is 12.5. The fourth-order valence-corrected chi connectivity index (χ4v) is 3.69. The number of nitrogens with zero attached hydrogens (tertiary/aromatic N) is 1. The van der Waals surface area contributed by atoms with Gasteiger partial charge in [0.1, 0.15) is 16.5 Å². The third kappa shape index (κ3) is 4.06. The van der Waals surface area contributed by atoms with E-state index in [2.05, 4.69) is 15.0 Å². The molecule has 1 aromatic heterocycles. The summed E-state index contributed by atoms with van der Waals surface area (Å²) in [6.45, 7) is 0. The van der Waals surface area contributed by atoms with Crippen molar-refractivity contribution >= 4 is 27.4 Å². The number of rotatable bonds is 6. The van der Waals surface area contributed by atoms with Gasteiger partial charge >= 0.3 is 0 Å². The lowest BCUT2D eigenvalue weighted by Gasteiger charge is -2.12. The van der Waals surface area contributed by atoms with Crippen LogP contribution in [0.1, 0.15) is 23.2 Å². The number of hydrogen-bond acceptors (Lipinski definition) is 6. The number of amides is 1. The van der Waals surface area contributed by atoms with E-state index in [1.807, 2.05) is 0 Å². The summed E-state index contributed by atoms with van der Waals surface area (Å²) in [5.41, 5.74) is 6.14. The minimum atomic E-state index is -3.76. The molecule has 0 atom stereocenters. The maximum Gasteiger partial charge on any atom is 0.255 e. The Morgan fingerprint density at radius 1 is 1.28 bits per heavy atom. The maximum absolute atomic E-state index is 12.5. The average molecular weight is 362 g/mol. The molecule has 4 N–H and O–H groups in total. The van der Waals surface area contributed by atoms with E-state index in [4.69, 9.17) is 10.5 Å². The summed E-state index contributed by atoms with van der Waals surface area (Å²) in [5, 5.41) is 2.64. The zero-order valence-corrected chi connectivity index (χ0v) is 14.3. The van der Waals surface area contributed by atoms with E-state index >= 15 is 0 Å². The SMILES string of the molecule is COc1ccc(C(=O)Nc2ccc(N)nc2)cc1S(=O)(=O)NC1CC1. The number of nitrogen functional groups attached to an aromatic ring is 1. The highest BCUT2D eigenvalue weighted by Crippen LogP contribution is 2.28. The Morgan fingerprint density at radius 3 is 2.64 bits per heavy atom. The molecular formula is C16H18N4O4S. The number of pyridine rings is 1. The molecule has 0 saturated heterocycles. The van der Waals surface area contributed by atoms with E-state index in [1.165, 1.54) is 31.5 Å². The van der Waals surface area contributed by atoms with Crippen LogP contribution in [0, 0.1) is 0 Å². The van der Waals surface area contributed by atoms with E-state index in [0.29, 0.717) is 11.5 Å². The number of aromatic nitrogens is 1. The molecule has 1 fully saturated rings. The summed E-state index contributed by atoms with van der Waals surface area (Å²) >= 11 is 0. The van der Waals surface area contributed by atoms with Crippen LogP contribution >= 0.6 is 0 Å². The predicted molar refractivity (Wildman–Crippen MR) is 92.9 cm³/mol. The topological polar surface area (TPSA) is 123 Å². The van der Waals surface area contributed by atoms with Crippen molar-refractivity contribution in [2.45, 2.75) is 23.8 Å². The lowest BCUT2D eigenvalue weighted by Crippen LogP contribution is -2.26. The number of hydrogen-bond donors (Lipinski definition) is 3. The van der Waals surface area contributed by atoms with Crippen LogP contribution < -0.4 is 20.5 Å². The van der Waals surface area contributed by atoms with Gasteiger partial charge in [0.25, 0.3) is 5.91 Å². The zero-order valence-electron chi connectivity index (χ0n) is 13.5. The van der Waals surface area contributed by atoms with Crippen LogP contribution in [0.25, 0.3) is 0 Å². The second-order valence-electron chi connectivity index (χ2n) is 5.69. The van der Waals surface area contributed by atoms with Crippen LogP contribution in [0.2, 0.25) is 0 Å². The average Bonchev–Trinajstić information content (AvgIpc) is 3.39. The van der Waals surface area contributed by atoms with E-state index in [9.17, 15) is 13.2 Å². The Hall–Kier alpha value is -2.65. The Bertz CT molecular complexity index is 893. The molecule has 0 unspecified atom stereocenters. The standard InChI is InChI=1S/C16H18N4O4S/c1-24-13-6-2-10(8-14(13)25(22,23)20-11-3-4-11)16(21)19-12-5-7-15(17)18-9-12/h2,5-9,11,20H,3-4H2,1H3,(H2,17,18)(H,19,21). The minimum Gasteiger partial charge on any atom is -0.495 e. The van der Waals surface area contributed by atoms with Crippen molar-refractivity contribution < 1.29 is 17.9 Å². The molecule has 0 aliphatic heterocycles. The van der Waals surface area contributed by atoms with Gasteiger partial charge in [-0.25, -0.2) is 18.1 Å². The molecule has 1 heterocycles. The van der Waals surface area contributed by atoms with Gasteiger partial charge in [-0.05, 0) is 43.2 Å². The Morgan fingerprint density at radius 2 is 2.04 bits per heavy atom. The molecule has 1 amide bonds. The largest absolute Gasteiger partial charge is 0.495 e. The molecule has 3 rings (SSSR count). The first kappa shape index (κ1) is 17.2. The van der Waals surface area contributed by atoms with E-state index in [0.717, 1.165) is 12.8 Å². The molecule has 2 aromatic rings. The van der Waals surface area contributed by atoms with E-state index in [1.54, 1.807) is 12.1 Å². The lowest BCUT2D eigenvalue weighted by molar-refractivity contribution is 0.102. The molecule has 1 saturated carbocycles. The molecule has 0 spiro atoms. The van der Waals surface area contributed by atoms with Crippen molar-refractivity contribution in [3.8, 4) is 5.75 Å². The molecule has 0 bridgehead atoms. The van der Waals surface area contributed by atoms with Crippen molar-refractivity contribution in [3.63, 3.8) is 0 Å². The predicted octanol–water partition coefficient (Wildman–Crippen LogP) is 1.37. The first-order valence-electron chi connectivity index (χ1n) is 7.62. The van der Waals surface area contributed by atoms with Gasteiger partial charge in [-0.1, -0.05) is 0 Å². The van der Waals surface area contributed by atoms with Gasteiger partial charge in [-0.3, -0.25) is 4.79 Å². The first-order chi connectivity index (χ1) is 11.9. The zero-order chi connectivity index (χ0) is 18.0. The third-order valence-electron chi connectivity index (χ3n) is 3.66. The van der Waals surface area contributed by atoms with Crippen LogP contribution in [0.3, 0.4) is 0 Å². The fraction of sp³-hybridized carbons (Fsp3) is 0.250. The first-order valence-corrected chi connectivity index (χ1v) is 9.10. The molecular weight excluding hydrogens is 344 g/mol. The Kier molecular flexibility index (Phi) is 4.60. The number of anilines is 2. The van der Waals surface area contributed by atoms with Gasteiger partial charge in [0.15, 0.2) is 0 Å². The highest BCUT2D eigenvalue weighted by molar-refractivity contribution is 7.89. The number of nitrogens with one attached hydrogen (secondary N) is 2. The van der Waals surface area contributed by atoms with Crippen LogP contribution in [-0.2, 0) is 10.0 Å². The molecule has 1 aromatic carbocycles. The normalized spacial score (nSPS) is 14.1. The van der Waals surface area contributed by atoms with Crippen molar-refractivity contribution in [1.29, 1.82) is 0 Å². The van der Waals surface area contributed by atoms with Crippen molar-refractivity contribution in [3.05, 3.63) is 42.1 Å². The molecule has 9 heteroatoms. The van der Waals surface area contributed by atoms with Crippen molar-refractivity contribution in [1.82, 2.24) is 9.71 Å². The smallest absolute Gasteiger partial charge is 0.255 e. The number of carbonyl (C=O) groups excluding carboxylic acids is 1. The quantitative estimate of drug-likeness (QED) is 0.713. The summed E-state index contributed by atoms with van der Waals surface area (Å²) in [4.78, 5) is 16.2. The van der Waals surface area contributed by atoms with Crippen LogP contribution in [0.4, 0.5) is 11.5 Å².